The molecule has 2 rings (SSSR count). The van der Waals surface area contributed by atoms with Gasteiger partial charge in [0, 0.05) is 0 Å². The second-order valence-electron chi connectivity index (χ2n) is 3.36. The highest BCUT2D eigenvalue weighted by molar-refractivity contribution is 4.79. The largest absolute Gasteiger partial charge is 0.302 e. The first-order valence-corrected chi connectivity index (χ1v) is 4.44. The zero-order valence-electron chi connectivity index (χ0n) is 6.47. The Bertz CT molecular complexity index is 102. The summed E-state index contributed by atoms with van der Waals surface area (Å²) in [5.74, 6) is 0. The Morgan fingerprint density at radius 1 is 1.10 bits per heavy atom. The van der Waals surface area contributed by atoms with Crippen LogP contribution in [0.25, 0.3) is 0 Å². The summed E-state index contributed by atoms with van der Waals surface area (Å²) in [5.41, 5.74) is 0. The molecule has 2 nitrogen and oxygen atoms in total. The zero-order valence-corrected chi connectivity index (χ0v) is 6.47. The van der Waals surface area contributed by atoms with Crippen molar-refractivity contribution < 1.29 is 0 Å². The Balaban J connectivity index is 1.95. The highest BCUT2D eigenvalue weighted by Crippen LogP contribution is 2.17. The molecule has 2 saturated heterocycles. The fourth-order valence-corrected chi connectivity index (χ4v) is 2.03. The van der Waals surface area contributed by atoms with Crippen LogP contribution < -0.4 is 5.32 Å². The molecule has 0 amide bonds. The Morgan fingerprint density at radius 3 is 3.00 bits per heavy atom. The van der Waals surface area contributed by atoms with Crippen LogP contribution in [-0.4, -0.2) is 30.7 Å². The zero-order chi connectivity index (χ0) is 6.81. The maximum absolute atomic E-state index is 3.57. The maximum atomic E-state index is 3.57. The predicted octanol–water partition coefficient (Wildman–Crippen LogP) is 0.792. The second-order valence-corrected chi connectivity index (χ2v) is 3.36. The van der Waals surface area contributed by atoms with Gasteiger partial charge >= 0.3 is 0 Å². The lowest BCUT2D eigenvalue weighted by molar-refractivity contribution is 0.240. The number of rotatable bonds is 0. The van der Waals surface area contributed by atoms with Crippen LogP contribution in [0.1, 0.15) is 25.7 Å². The minimum absolute atomic E-state index is 0.738. The molecular weight excluding hydrogens is 124 g/mol. The molecule has 2 fully saturated rings. The van der Waals surface area contributed by atoms with Crippen molar-refractivity contribution in [1.82, 2.24) is 10.2 Å². The van der Waals surface area contributed by atoms with Crippen LogP contribution in [0.3, 0.4) is 0 Å². The average molecular weight is 140 g/mol. The molecule has 0 saturated carbocycles. The van der Waals surface area contributed by atoms with E-state index < -0.39 is 0 Å². The fraction of sp³-hybridized carbons (Fsp3) is 1.00. The minimum Gasteiger partial charge on any atom is -0.302 e. The lowest BCUT2D eigenvalue weighted by Gasteiger charge is -2.21. The van der Waals surface area contributed by atoms with E-state index in [1.807, 2.05) is 0 Å². The summed E-state index contributed by atoms with van der Waals surface area (Å²) < 4.78 is 0. The smallest absolute Gasteiger partial charge is 0.0597 e. The molecule has 2 heterocycles. The van der Waals surface area contributed by atoms with E-state index in [-0.39, 0.29) is 0 Å². The summed E-state index contributed by atoms with van der Waals surface area (Å²) in [6.07, 6.45) is 6.27. The summed E-state index contributed by atoms with van der Waals surface area (Å²) in [6, 6.07) is 0. The van der Waals surface area contributed by atoms with Gasteiger partial charge in [-0.05, 0) is 45.3 Å². The van der Waals surface area contributed by atoms with E-state index in [2.05, 4.69) is 10.2 Å². The molecule has 58 valence electrons. The SMILES string of the molecule is C1CCN2CCCC2NC1. The number of fused-ring (bicyclic) bond motifs is 1. The topological polar surface area (TPSA) is 15.3 Å². The molecule has 1 N–H and O–H groups in total. The van der Waals surface area contributed by atoms with Gasteiger partial charge in [0.15, 0.2) is 0 Å². The molecule has 10 heavy (non-hydrogen) atoms. The van der Waals surface area contributed by atoms with E-state index in [0.29, 0.717) is 0 Å². The number of nitrogens with one attached hydrogen (secondary N) is 1. The summed E-state index contributed by atoms with van der Waals surface area (Å²) in [4.78, 5) is 2.59. The molecule has 1 atom stereocenters. The number of hydrogen-bond acceptors (Lipinski definition) is 2. The van der Waals surface area contributed by atoms with Gasteiger partial charge in [-0.1, -0.05) is 0 Å². The van der Waals surface area contributed by atoms with Crippen LogP contribution in [0.4, 0.5) is 0 Å². The van der Waals surface area contributed by atoms with E-state index in [1.165, 1.54) is 45.3 Å². The number of nitrogens with zero attached hydrogens (tertiary/aromatic N) is 1. The fourth-order valence-electron chi connectivity index (χ4n) is 2.03. The molecule has 0 aliphatic carbocycles. The van der Waals surface area contributed by atoms with Crippen molar-refractivity contribution in [3.63, 3.8) is 0 Å². The lowest BCUT2D eigenvalue weighted by atomic mass is 10.3. The monoisotopic (exact) mass is 140 g/mol. The highest BCUT2D eigenvalue weighted by atomic mass is 15.3. The van der Waals surface area contributed by atoms with Gasteiger partial charge in [0.1, 0.15) is 0 Å². The summed E-state index contributed by atoms with van der Waals surface area (Å²) >= 11 is 0. The summed E-state index contributed by atoms with van der Waals surface area (Å²) in [6.45, 7) is 3.90. The van der Waals surface area contributed by atoms with E-state index in [9.17, 15) is 0 Å². The third kappa shape index (κ3) is 1.18. The van der Waals surface area contributed by atoms with Crippen molar-refractivity contribution >= 4 is 0 Å². The molecule has 1 unspecified atom stereocenters. The summed E-state index contributed by atoms with van der Waals surface area (Å²) in [7, 11) is 0. The predicted molar refractivity (Wildman–Crippen MR) is 41.8 cm³/mol. The standard InChI is InChI=1S/C8H16N2/c1-2-6-10-7-3-4-8(10)9-5-1/h8-9H,1-7H2. The van der Waals surface area contributed by atoms with Crippen molar-refractivity contribution in [3.05, 3.63) is 0 Å². The third-order valence-corrected chi connectivity index (χ3v) is 2.62. The second kappa shape index (κ2) is 2.89. The summed E-state index contributed by atoms with van der Waals surface area (Å²) in [5, 5.41) is 3.57. The molecule has 2 aliphatic heterocycles. The first kappa shape index (κ1) is 6.62. The van der Waals surface area contributed by atoms with Gasteiger partial charge in [-0.2, -0.15) is 0 Å². The van der Waals surface area contributed by atoms with Gasteiger partial charge in [-0.3, -0.25) is 4.90 Å². The molecule has 0 aromatic rings. The van der Waals surface area contributed by atoms with Crippen molar-refractivity contribution in [2.45, 2.75) is 31.8 Å². The molecule has 0 aromatic heterocycles. The molecule has 0 aromatic carbocycles. The molecule has 0 spiro atoms. The van der Waals surface area contributed by atoms with Gasteiger partial charge in [0.2, 0.25) is 0 Å². The van der Waals surface area contributed by atoms with Crippen LogP contribution in [0.2, 0.25) is 0 Å². The van der Waals surface area contributed by atoms with Crippen LogP contribution >= 0.6 is 0 Å². The Kier molecular flexibility index (Phi) is 1.91. The maximum Gasteiger partial charge on any atom is 0.0597 e. The van der Waals surface area contributed by atoms with Gasteiger partial charge in [0.25, 0.3) is 0 Å². The Morgan fingerprint density at radius 2 is 2.00 bits per heavy atom. The van der Waals surface area contributed by atoms with E-state index >= 15 is 0 Å². The quantitative estimate of drug-likeness (QED) is 0.535. The molecular formula is C8H16N2. The van der Waals surface area contributed by atoms with E-state index in [0.717, 1.165) is 6.17 Å². The number of hydrogen-bond donors (Lipinski definition) is 1. The van der Waals surface area contributed by atoms with Crippen LogP contribution in [-0.2, 0) is 0 Å². The van der Waals surface area contributed by atoms with Crippen molar-refractivity contribution in [1.29, 1.82) is 0 Å². The van der Waals surface area contributed by atoms with Crippen molar-refractivity contribution in [2.24, 2.45) is 0 Å². The van der Waals surface area contributed by atoms with Crippen LogP contribution in [0.5, 0.6) is 0 Å². The minimum atomic E-state index is 0.738. The molecule has 2 heteroatoms. The Hall–Kier alpha value is -0.0800. The van der Waals surface area contributed by atoms with Gasteiger partial charge in [-0.25, -0.2) is 0 Å². The molecule has 2 aliphatic rings. The third-order valence-electron chi connectivity index (χ3n) is 2.62. The normalized spacial score (nSPS) is 35.4. The highest BCUT2D eigenvalue weighted by Gasteiger charge is 2.24. The lowest BCUT2D eigenvalue weighted by Crippen LogP contribution is -2.39. The molecule has 0 bridgehead atoms. The van der Waals surface area contributed by atoms with E-state index in [4.69, 9.17) is 0 Å². The first-order chi connectivity index (χ1) is 4.97. The van der Waals surface area contributed by atoms with Gasteiger partial charge in [0.05, 0.1) is 6.17 Å². The van der Waals surface area contributed by atoms with E-state index in [1.54, 1.807) is 0 Å². The molecule has 0 radical (unpaired) electrons. The first-order valence-electron chi connectivity index (χ1n) is 4.44. The van der Waals surface area contributed by atoms with Gasteiger partial charge in [-0.15, -0.1) is 0 Å². The van der Waals surface area contributed by atoms with Crippen molar-refractivity contribution in [3.8, 4) is 0 Å². The van der Waals surface area contributed by atoms with Crippen LogP contribution in [0.15, 0.2) is 0 Å². The van der Waals surface area contributed by atoms with Crippen molar-refractivity contribution in [2.75, 3.05) is 19.6 Å². The Labute approximate surface area is 62.6 Å². The van der Waals surface area contributed by atoms with Gasteiger partial charge < -0.3 is 5.32 Å². The van der Waals surface area contributed by atoms with Crippen LogP contribution in [0, 0.1) is 0 Å². The average Bonchev–Trinajstić information content (AvgIpc) is 2.28.